The average Bonchev–Trinajstić information content (AvgIpc) is 2.20. The average molecular weight is 476 g/mol. The van der Waals surface area contributed by atoms with Crippen LogP contribution >= 0.6 is 24.0 Å². The molecule has 0 aromatic heterocycles. The molecule has 0 aliphatic rings. The lowest BCUT2D eigenvalue weighted by atomic mass is 10.2. The standard InChI is InChI=1S/C6H12ClO12S4.ClH/c7-2-6(23(17,18)19)5(22(14,15)16)1-4(21(11,12)13)3-20(8,9)10;/h3-6H,1-2H2,(H,8,9,10)(H,11,12,13)(H,14,15,16)(H,17,18,19);1H. The minimum atomic E-state index is -5.37. The summed E-state index contributed by atoms with van der Waals surface area (Å²) in [6.07, 6.45) is -1.53. The Hall–Kier alpha value is 0.220. The maximum Gasteiger partial charge on any atom is 0.270 e. The maximum absolute atomic E-state index is 11.2. The van der Waals surface area contributed by atoms with E-state index in [1.54, 1.807) is 0 Å². The number of hydrogen-bond acceptors (Lipinski definition) is 8. The highest BCUT2D eigenvalue weighted by Gasteiger charge is 2.44. The first-order valence-corrected chi connectivity index (χ1v) is 11.7. The lowest BCUT2D eigenvalue weighted by Gasteiger charge is -2.23. The van der Waals surface area contributed by atoms with Gasteiger partial charge in [-0.15, -0.1) is 24.0 Å². The molecular formula is C6H13Cl2O12S4. The molecule has 24 heavy (non-hydrogen) atoms. The molecule has 0 saturated heterocycles. The molecule has 4 N–H and O–H groups in total. The SMILES string of the molecule is Cl.O=S(=O)(O)[CH]C(CC(C(CCl)S(=O)(=O)O)S(=O)(=O)O)S(=O)(=O)O. The van der Waals surface area contributed by atoms with Crippen molar-refractivity contribution in [3.8, 4) is 0 Å². The molecule has 0 bridgehead atoms. The summed E-state index contributed by atoms with van der Waals surface area (Å²) >= 11 is 5.18. The second-order valence-electron chi connectivity index (χ2n) is 4.20. The van der Waals surface area contributed by atoms with E-state index in [4.69, 9.17) is 29.8 Å². The van der Waals surface area contributed by atoms with Crippen molar-refractivity contribution in [3.63, 3.8) is 0 Å². The Morgan fingerprint density at radius 2 is 1.12 bits per heavy atom. The molecule has 0 heterocycles. The van der Waals surface area contributed by atoms with Crippen LogP contribution in [-0.2, 0) is 40.5 Å². The first-order valence-electron chi connectivity index (χ1n) is 5.17. The topological polar surface area (TPSA) is 217 Å². The molecule has 0 fully saturated rings. The third-order valence-electron chi connectivity index (χ3n) is 2.50. The van der Waals surface area contributed by atoms with Crippen LogP contribution in [0.2, 0.25) is 0 Å². The minimum absolute atomic E-state index is 0. The van der Waals surface area contributed by atoms with Crippen LogP contribution in [-0.4, -0.2) is 73.5 Å². The van der Waals surface area contributed by atoms with Crippen molar-refractivity contribution in [3.05, 3.63) is 5.75 Å². The van der Waals surface area contributed by atoms with Gasteiger partial charge in [0.1, 0.15) is 21.5 Å². The van der Waals surface area contributed by atoms with Crippen LogP contribution in [0, 0.1) is 5.75 Å². The van der Waals surface area contributed by atoms with E-state index in [1.165, 1.54) is 0 Å². The summed E-state index contributed by atoms with van der Waals surface area (Å²) in [5.74, 6) is -1.50. The van der Waals surface area contributed by atoms with Gasteiger partial charge in [-0.25, -0.2) is 0 Å². The molecular weight excluding hydrogens is 463 g/mol. The molecule has 0 rings (SSSR count). The van der Waals surface area contributed by atoms with Crippen molar-refractivity contribution in [2.24, 2.45) is 0 Å². The van der Waals surface area contributed by atoms with Crippen molar-refractivity contribution < 1.29 is 51.9 Å². The summed E-state index contributed by atoms with van der Waals surface area (Å²) in [5, 5.41) is -7.67. The molecule has 3 atom stereocenters. The van der Waals surface area contributed by atoms with E-state index in [-0.39, 0.29) is 18.2 Å². The van der Waals surface area contributed by atoms with Crippen molar-refractivity contribution in [1.82, 2.24) is 0 Å². The van der Waals surface area contributed by atoms with Gasteiger partial charge in [0.25, 0.3) is 40.5 Å². The quantitative estimate of drug-likeness (QED) is 0.229. The van der Waals surface area contributed by atoms with Crippen LogP contribution < -0.4 is 0 Å². The van der Waals surface area contributed by atoms with E-state index >= 15 is 0 Å². The Morgan fingerprint density at radius 3 is 1.33 bits per heavy atom. The Labute approximate surface area is 150 Å². The van der Waals surface area contributed by atoms with Gasteiger partial charge < -0.3 is 0 Å². The molecule has 0 saturated carbocycles. The van der Waals surface area contributed by atoms with Gasteiger partial charge in [-0.1, -0.05) is 0 Å². The van der Waals surface area contributed by atoms with Gasteiger partial charge in [0.15, 0.2) is 0 Å². The van der Waals surface area contributed by atoms with Gasteiger partial charge >= 0.3 is 0 Å². The second kappa shape index (κ2) is 8.74. The minimum Gasteiger partial charge on any atom is -0.285 e. The van der Waals surface area contributed by atoms with E-state index in [0.717, 1.165) is 0 Å². The van der Waals surface area contributed by atoms with Crippen LogP contribution in [0.1, 0.15) is 6.42 Å². The molecule has 0 aliphatic carbocycles. The summed E-state index contributed by atoms with van der Waals surface area (Å²) in [4.78, 5) is 0. The van der Waals surface area contributed by atoms with Crippen molar-refractivity contribution in [1.29, 1.82) is 0 Å². The molecule has 0 spiro atoms. The summed E-state index contributed by atoms with van der Waals surface area (Å²) in [5.41, 5.74) is 0. The third-order valence-corrected chi connectivity index (χ3v) is 7.68. The molecule has 0 aliphatic heterocycles. The van der Waals surface area contributed by atoms with Gasteiger partial charge in [-0.05, 0) is 6.42 Å². The lowest BCUT2D eigenvalue weighted by molar-refractivity contribution is 0.429. The zero-order valence-corrected chi connectivity index (χ0v) is 16.0. The largest absolute Gasteiger partial charge is 0.285 e. The molecule has 12 nitrogen and oxygen atoms in total. The van der Waals surface area contributed by atoms with Gasteiger partial charge in [0.2, 0.25) is 0 Å². The number of hydrogen-bond donors (Lipinski definition) is 4. The van der Waals surface area contributed by atoms with Crippen LogP contribution in [0.4, 0.5) is 0 Å². The molecule has 0 aromatic carbocycles. The summed E-state index contributed by atoms with van der Waals surface area (Å²) in [6, 6.07) is 0. The van der Waals surface area contributed by atoms with Gasteiger partial charge in [-0.2, -0.15) is 33.7 Å². The van der Waals surface area contributed by atoms with Crippen LogP contribution in [0.5, 0.6) is 0 Å². The van der Waals surface area contributed by atoms with E-state index in [2.05, 4.69) is 0 Å². The monoisotopic (exact) mass is 475 g/mol. The highest BCUT2D eigenvalue weighted by atomic mass is 35.5. The van der Waals surface area contributed by atoms with Crippen molar-refractivity contribution >= 4 is 64.5 Å². The van der Waals surface area contributed by atoms with E-state index in [1.807, 2.05) is 0 Å². The Kier molecular flexibility index (Phi) is 9.63. The molecule has 3 unspecified atom stereocenters. The fourth-order valence-electron chi connectivity index (χ4n) is 1.50. The predicted molar refractivity (Wildman–Crippen MR) is 84.4 cm³/mol. The van der Waals surface area contributed by atoms with Crippen LogP contribution in [0.25, 0.3) is 0 Å². The zero-order valence-electron chi connectivity index (χ0n) is 11.2. The first-order chi connectivity index (χ1) is 9.89. The fraction of sp³-hybridized carbons (Fsp3) is 0.833. The van der Waals surface area contributed by atoms with Gasteiger partial charge in [0, 0.05) is 5.88 Å². The number of alkyl halides is 1. The summed E-state index contributed by atoms with van der Waals surface area (Å²) in [6.45, 7) is 0. The normalized spacial score (nSPS) is 17.5. The third kappa shape index (κ3) is 9.07. The van der Waals surface area contributed by atoms with Crippen LogP contribution in [0.15, 0.2) is 0 Å². The van der Waals surface area contributed by atoms with E-state index < -0.39 is 68.5 Å². The molecule has 0 aromatic rings. The van der Waals surface area contributed by atoms with Gasteiger partial charge in [-0.3, -0.25) is 18.2 Å². The Balaban J connectivity index is 0. The summed E-state index contributed by atoms with van der Waals surface area (Å²) < 4.78 is 123. The Morgan fingerprint density at radius 1 is 0.750 bits per heavy atom. The number of rotatable bonds is 9. The Bertz CT molecular complexity index is 826. The molecule has 1 radical (unpaired) electrons. The van der Waals surface area contributed by atoms with Crippen LogP contribution in [0.3, 0.4) is 0 Å². The number of halogens is 2. The lowest BCUT2D eigenvalue weighted by Crippen LogP contribution is -2.44. The molecule has 0 amide bonds. The zero-order chi connectivity index (χ0) is 18.9. The van der Waals surface area contributed by atoms with Crippen molar-refractivity contribution in [2.75, 3.05) is 5.88 Å². The van der Waals surface area contributed by atoms with Crippen molar-refractivity contribution in [2.45, 2.75) is 22.2 Å². The van der Waals surface area contributed by atoms with E-state index in [9.17, 15) is 33.7 Å². The second-order valence-corrected chi connectivity index (χ2v) is 10.7. The molecule has 18 heteroatoms. The smallest absolute Gasteiger partial charge is 0.270 e. The highest BCUT2D eigenvalue weighted by Crippen LogP contribution is 2.24. The maximum atomic E-state index is 11.2. The highest BCUT2D eigenvalue weighted by molar-refractivity contribution is 7.92. The first kappa shape index (κ1) is 26.4. The summed E-state index contributed by atoms with van der Waals surface area (Å²) in [7, 11) is -21.1. The predicted octanol–water partition coefficient (Wildman–Crippen LogP) is -1.14. The van der Waals surface area contributed by atoms with Gasteiger partial charge in [0.05, 0.1) is 0 Å². The van der Waals surface area contributed by atoms with E-state index in [0.29, 0.717) is 0 Å². The fourth-order valence-corrected chi connectivity index (χ4v) is 6.78. The molecule has 147 valence electrons.